The van der Waals surface area contributed by atoms with Gasteiger partial charge in [-0.2, -0.15) is 0 Å². The van der Waals surface area contributed by atoms with Crippen LogP contribution in [0.2, 0.25) is 0 Å². The summed E-state index contributed by atoms with van der Waals surface area (Å²) < 4.78 is 28.3. The summed E-state index contributed by atoms with van der Waals surface area (Å²) in [4.78, 5) is 12.2. The highest BCUT2D eigenvalue weighted by atomic mass is 32.2. The summed E-state index contributed by atoms with van der Waals surface area (Å²) >= 11 is 0. The molecule has 8 heteroatoms. The maximum Gasteiger partial charge on any atom is 0.250 e. The molecular weight excluding hydrogens is 450 g/mol. The molecule has 4 N–H and O–H groups in total. The average Bonchev–Trinajstić information content (AvgIpc) is 3.43. The number of benzene rings is 2. The lowest BCUT2D eigenvalue weighted by molar-refractivity contribution is 0.100. The lowest BCUT2D eigenvalue weighted by Crippen LogP contribution is -2.32. The Balaban J connectivity index is 1.51. The molecule has 2 heterocycles. The summed E-state index contributed by atoms with van der Waals surface area (Å²) in [6.45, 7) is 0. The van der Waals surface area contributed by atoms with Crippen LogP contribution in [-0.4, -0.2) is 41.3 Å². The third-order valence-electron chi connectivity index (χ3n) is 7.82. The van der Waals surface area contributed by atoms with Gasteiger partial charge >= 0.3 is 0 Å². The van der Waals surface area contributed by atoms with Crippen molar-refractivity contribution in [3.05, 3.63) is 53.7 Å². The van der Waals surface area contributed by atoms with E-state index in [0.29, 0.717) is 16.8 Å². The minimum absolute atomic E-state index is 0.144. The zero-order chi connectivity index (χ0) is 23.7. The molecule has 2 aliphatic carbocycles. The van der Waals surface area contributed by atoms with Crippen LogP contribution in [0, 0.1) is 5.41 Å². The standard InChI is InChI=1S/C26H29N3O4S/c27-25(31)19-10-5-16(13-21(19)28-17-6-8-18(30)9-7-17)24-20-3-1-2-4-22(20)29-23(24)14-26(11-12-26)15-34(29,32)33/h1-5,10,13,17-18,28,30H,6-9,11-12,14-15H2,(H2,27,31). The summed E-state index contributed by atoms with van der Waals surface area (Å²) in [7, 11) is -3.46. The molecule has 1 spiro atoms. The van der Waals surface area contributed by atoms with E-state index in [-0.39, 0.29) is 23.3 Å². The number of aliphatic hydroxyl groups excluding tert-OH is 1. The third-order valence-corrected chi connectivity index (χ3v) is 9.77. The number of carbonyl (C=O) groups is 1. The van der Waals surface area contributed by atoms with E-state index in [1.54, 1.807) is 10.0 Å². The van der Waals surface area contributed by atoms with E-state index in [2.05, 4.69) is 5.32 Å². The summed E-state index contributed by atoms with van der Waals surface area (Å²) in [5, 5.41) is 14.2. The molecule has 0 bridgehead atoms. The predicted octanol–water partition coefficient (Wildman–Crippen LogP) is 3.64. The number of aromatic nitrogens is 1. The van der Waals surface area contributed by atoms with Crippen LogP contribution < -0.4 is 11.1 Å². The van der Waals surface area contributed by atoms with E-state index in [0.717, 1.165) is 67.2 Å². The van der Waals surface area contributed by atoms with Crippen LogP contribution in [0.15, 0.2) is 42.5 Å². The fraction of sp³-hybridized carbons (Fsp3) is 0.423. The molecule has 3 aliphatic rings. The number of amides is 1. The third kappa shape index (κ3) is 3.51. The van der Waals surface area contributed by atoms with Crippen molar-refractivity contribution in [2.45, 2.75) is 57.1 Å². The van der Waals surface area contributed by atoms with Gasteiger partial charge in [-0.3, -0.25) is 4.79 Å². The molecule has 6 rings (SSSR count). The van der Waals surface area contributed by atoms with Crippen molar-refractivity contribution in [3.63, 3.8) is 0 Å². The number of hydrogen-bond donors (Lipinski definition) is 3. The number of carbonyl (C=O) groups excluding carboxylic acids is 1. The van der Waals surface area contributed by atoms with Crippen LogP contribution in [0.3, 0.4) is 0 Å². The Kier molecular flexibility index (Phi) is 4.83. The van der Waals surface area contributed by atoms with Crippen molar-refractivity contribution in [2.24, 2.45) is 11.1 Å². The quantitative estimate of drug-likeness (QED) is 0.529. The molecule has 1 aromatic heterocycles. The Bertz CT molecular complexity index is 1410. The first-order valence-electron chi connectivity index (χ1n) is 12.0. The molecule has 3 aromatic rings. The Morgan fingerprint density at radius 3 is 2.53 bits per heavy atom. The van der Waals surface area contributed by atoms with Gasteiger partial charge in [0.15, 0.2) is 0 Å². The molecule has 2 aromatic carbocycles. The lowest BCUT2D eigenvalue weighted by atomic mass is 9.91. The number of nitrogens with zero attached hydrogens (tertiary/aromatic N) is 1. The molecule has 7 nitrogen and oxygen atoms in total. The number of hydrogen-bond acceptors (Lipinski definition) is 5. The zero-order valence-electron chi connectivity index (χ0n) is 19.0. The van der Waals surface area contributed by atoms with E-state index >= 15 is 0 Å². The highest BCUT2D eigenvalue weighted by molar-refractivity contribution is 7.90. The van der Waals surface area contributed by atoms with Crippen LogP contribution in [-0.2, 0) is 16.4 Å². The molecule has 2 saturated carbocycles. The second kappa shape index (κ2) is 7.58. The monoisotopic (exact) mass is 479 g/mol. The van der Waals surface area contributed by atoms with Crippen molar-refractivity contribution in [3.8, 4) is 11.1 Å². The summed E-state index contributed by atoms with van der Waals surface area (Å²) in [5.41, 5.74) is 9.96. The summed E-state index contributed by atoms with van der Waals surface area (Å²) in [6.07, 6.45) is 5.42. The molecule has 2 fully saturated rings. The Morgan fingerprint density at radius 1 is 1.09 bits per heavy atom. The van der Waals surface area contributed by atoms with Crippen molar-refractivity contribution < 1.29 is 18.3 Å². The highest BCUT2D eigenvalue weighted by Crippen LogP contribution is 2.55. The summed E-state index contributed by atoms with van der Waals surface area (Å²) in [6, 6.07) is 13.3. The number of anilines is 1. The highest BCUT2D eigenvalue weighted by Gasteiger charge is 2.51. The van der Waals surface area contributed by atoms with E-state index < -0.39 is 15.9 Å². The van der Waals surface area contributed by atoms with Crippen LogP contribution in [0.4, 0.5) is 5.69 Å². The molecular formula is C26H29N3O4S. The number of rotatable bonds is 4. The Labute approximate surface area is 199 Å². The maximum absolute atomic E-state index is 13.4. The van der Waals surface area contributed by atoms with Gasteiger partial charge in [0, 0.05) is 28.4 Å². The lowest BCUT2D eigenvalue weighted by Gasteiger charge is -2.28. The van der Waals surface area contributed by atoms with E-state index in [4.69, 9.17) is 5.73 Å². The molecule has 34 heavy (non-hydrogen) atoms. The predicted molar refractivity (Wildman–Crippen MR) is 132 cm³/mol. The first kappa shape index (κ1) is 21.7. The maximum atomic E-state index is 13.4. The fourth-order valence-electron chi connectivity index (χ4n) is 5.89. The van der Waals surface area contributed by atoms with Crippen LogP contribution >= 0.6 is 0 Å². The van der Waals surface area contributed by atoms with Crippen molar-refractivity contribution in [1.82, 2.24) is 3.97 Å². The van der Waals surface area contributed by atoms with Crippen molar-refractivity contribution in [1.29, 1.82) is 0 Å². The average molecular weight is 480 g/mol. The Hall–Kier alpha value is -2.84. The Morgan fingerprint density at radius 2 is 1.82 bits per heavy atom. The molecule has 1 amide bonds. The van der Waals surface area contributed by atoms with Gasteiger partial charge in [0.2, 0.25) is 10.0 Å². The number of nitrogens with one attached hydrogen (secondary N) is 1. The van der Waals surface area contributed by atoms with Gasteiger partial charge in [-0.1, -0.05) is 24.3 Å². The SMILES string of the molecule is NC(=O)c1ccc(-c2c3n(c4ccccc24)S(=O)(=O)CC2(CC2)C3)cc1NC1CCC(O)CC1. The van der Waals surface area contributed by atoms with E-state index in [1.165, 1.54) is 0 Å². The molecule has 0 radical (unpaired) electrons. The van der Waals surface area contributed by atoms with E-state index in [9.17, 15) is 18.3 Å². The number of nitrogens with two attached hydrogens (primary N) is 1. The number of para-hydroxylation sites is 1. The normalized spacial score (nSPS) is 24.6. The molecule has 0 saturated heterocycles. The first-order chi connectivity index (χ1) is 16.3. The van der Waals surface area contributed by atoms with E-state index in [1.807, 2.05) is 36.4 Å². The minimum atomic E-state index is -3.46. The summed E-state index contributed by atoms with van der Waals surface area (Å²) in [5.74, 6) is -0.306. The topological polar surface area (TPSA) is 114 Å². The number of aliphatic hydroxyl groups is 1. The van der Waals surface area contributed by atoms with Gasteiger partial charge in [-0.05, 0) is 74.1 Å². The molecule has 0 atom stereocenters. The first-order valence-corrected chi connectivity index (χ1v) is 13.6. The zero-order valence-corrected chi connectivity index (χ0v) is 19.8. The number of primary amides is 1. The van der Waals surface area contributed by atoms with Gasteiger partial charge in [0.1, 0.15) is 0 Å². The minimum Gasteiger partial charge on any atom is -0.393 e. The van der Waals surface area contributed by atoms with Crippen LogP contribution in [0.25, 0.3) is 22.0 Å². The van der Waals surface area contributed by atoms with Crippen LogP contribution in [0.1, 0.15) is 54.6 Å². The van der Waals surface area contributed by atoms with Gasteiger partial charge in [-0.25, -0.2) is 12.4 Å². The molecule has 1 aliphatic heterocycles. The van der Waals surface area contributed by atoms with Gasteiger partial charge in [-0.15, -0.1) is 0 Å². The second-order valence-corrected chi connectivity index (χ2v) is 12.1. The molecule has 178 valence electrons. The van der Waals surface area contributed by atoms with Gasteiger partial charge in [0.05, 0.1) is 22.9 Å². The largest absolute Gasteiger partial charge is 0.393 e. The molecule has 0 unspecified atom stereocenters. The smallest absolute Gasteiger partial charge is 0.250 e. The van der Waals surface area contributed by atoms with Crippen molar-refractivity contribution >= 4 is 32.5 Å². The van der Waals surface area contributed by atoms with Crippen molar-refractivity contribution in [2.75, 3.05) is 11.1 Å². The van der Waals surface area contributed by atoms with Crippen LogP contribution in [0.5, 0.6) is 0 Å². The van der Waals surface area contributed by atoms with Gasteiger partial charge in [0.25, 0.3) is 5.91 Å². The fourth-order valence-corrected chi connectivity index (χ4v) is 8.14. The second-order valence-electron chi connectivity index (χ2n) is 10.3. The number of fused-ring (bicyclic) bond motifs is 3. The van der Waals surface area contributed by atoms with Gasteiger partial charge < -0.3 is 16.2 Å².